The summed E-state index contributed by atoms with van der Waals surface area (Å²) < 4.78 is 5.30. The first kappa shape index (κ1) is 13.0. The highest BCUT2D eigenvalue weighted by molar-refractivity contribution is 5.49. The van der Waals surface area contributed by atoms with Crippen molar-refractivity contribution in [3.8, 4) is 0 Å². The Bertz CT molecular complexity index is 401. The third-order valence-electron chi connectivity index (χ3n) is 2.83. The number of nitrogens with one attached hydrogen (secondary N) is 1. The molecule has 1 aromatic heterocycles. The lowest BCUT2D eigenvalue weighted by molar-refractivity contribution is 0.128. The molecule has 1 fully saturated rings. The molecule has 100 valence electrons. The predicted molar refractivity (Wildman–Crippen MR) is 68.0 cm³/mol. The molecular weight excluding hydrogens is 234 g/mol. The van der Waals surface area contributed by atoms with Crippen molar-refractivity contribution in [2.45, 2.75) is 26.1 Å². The lowest BCUT2D eigenvalue weighted by Crippen LogP contribution is -2.23. The number of anilines is 2. The van der Waals surface area contributed by atoms with Gasteiger partial charge in [0.15, 0.2) is 5.82 Å². The number of rotatable bonds is 5. The fraction of sp³-hybridized carbons (Fsp3) is 0.636. The van der Waals surface area contributed by atoms with Crippen molar-refractivity contribution >= 4 is 11.6 Å². The molecule has 0 amide bonds. The van der Waals surface area contributed by atoms with E-state index in [1.807, 2.05) is 11.8 Å². The monoisotopic (exact) mass is 253 g/mol. The third-order valence-corrected chi connectivity index (χ3v) is 2.83. The molecule has 0 bridgehead atoms. The second-order valence-corrected chi connectivity index (χ2v) is 4.20. The van der Waals surface area contributed by atoms with E-state index in [1.165, 1.54) is 0 Å². The minimum absolute atomic E-state index is 0.287. The second kappa shape index (κ2) is 5.94. The fourth-order valence-electron chi connectivity index (χ4n) is 1.93. The average molecular weight is 253 g/mol. The van der Waals surface area contributed by atoms with E-state index >= 15 is 0 Å². The van der Waals surface area contributed by atoms with Crippen molar-refractivity contribution in [3.63, 3.8) is 0 Å². The molecule has 4 N–H and O–H groups in total. The van der Waals surface area contributed by atoms with E-state index in [1.54, 1.807) is 6.07 Å². The number of hydrogen-bond acceptors (Lipinski definition) is 7. The van der Waals surface area contributed by atoms with E-state index in [4.69, 9.17) is 10.6 Å². The van der Waals surface area contributed by atoms with E-state index in [-0.39, 0.29) is 6.10 Å². The van der Waals surface area contributed by atoms with Crippen LogP contribution < -0.4 is 16.2 Å². The maximum Gasteiger partial charge on any atom is 0.158 e. The summed E-state index contributed by atoms with van der Waals surface area (Å²) in [5.74, 6) is 7.30. The first-order chi connectivity index (χ1) is 8.72. The normalized spacial score (nSPS) is 19.3. The number of hydrogen-bond donors (Lipinski definition) is 3. The second-order valence-electron chi connectivity index (χ2n) is 4.20. The highest BCUT2D eigenvalue weighted by atomic mass is 16.5. The van der Waals surface area contributed by atoms with Crippen molar-refractivity contribution in [2.24, 2.45) is 5.84 Å². The fourth-order valence-corrected chi connectivity index (χ4v) is 1.93. The molecule has 2 heterocycles. The number of aromatic nitrogens is 2. The molecule has 0 spiro atoms. The zero-order valence-corrected chi connectivity index (χ0v) is 10.5. The minimum atomic E-state index is -0.287. The molecule has 7 heteroatoms. The van der Waals surface area contributed by atoms with Crippen LogP contribution in [-0.2, 0) is 11.3 Å². The summed E-state index contributed by atoms with van der Waals surface area (Å²) in [5.41, 5.74) is 2.52. The highest BCUT2D eigenvalue weighted by Crippen LogP contribution is 2.20. The molecule has 1 saturated heterocycles. The van der Waals surface area contributed by atoms with Gasteiger partial charge in [-0.15, -0.1) is 0 Å². The zero-order chi connectivity index (χ0) is 13.0. The Morgan fingerprint density at radius 1 is 1.61 bits per heavy atom. The quantitative estimate of drug-likeness (QED) is 0.497. The summed E-state index contributed by atoms with van der Waals surface area (Å²) in [6, 6.07) is 1.77. The Kier molecular flexibility index (Phi) is 4.29. The van der Waals surface area contributed by atoms with Crippen LogP contribution in [0.2, 0.25) is 0 Å². The smallest absolute Gasteiger partial charge is 0.158 e. The number of ether oxygens (including phenoxy) is 1. The summed E-state index contributed by atoms with van der Waals surface area (Å²) in [7, 11) is 0. The predicted octanol–water partition coefficient (Wildman–Crippen LogP) is -0.130. The van der Waals surface area contributed by atoms with Gasteiger partial charge in [-0.2, -0.15) is 0 Å². The summed E-state index contributed by atoms with van der Waals surface area (Å²) in [5, 5.41) is 9.55. The Labute approximate surface area is 106 Å². The van der Waals surface area contributed by atoms with Crippen LogP contribution in [0, 0.1) is 0 Å². The number of nitrogen functional groups attached to an aromatic ring is 1. The van der Waals surface area contributed by atoms with Gasteiger partial charge in [0.1, 0.15) is 18.2 Å². The summed E-state index contributed by atoms with van der Waals surface area (Å²) in [6.07, 6.45) is 0.473. The van der Waals surface area contributed by atoms with Crippen LogP contribution in [0.3, 0.4) is 0 Å². The SMILES string of the molecule is CCOCc1nc(NN)cc(N2CCC(O)C2)n1. The summed E-state index contributed by atoms with van der Waals surface area (Å²) in [4.78, 5) is 10.7. The molecular formula is C11H19N5O2. The molecule has 2 rings (SSSR count). The molecule has 1 aromatic rings. The van der Waals surface area contributed by atoms with Gasteiger partial charge in [0.25, 0.3) is 0 Å². The number of nitrogens with two attached hydrogens (primary N) is 1. The van der Waals surface area contributed by atoms with Gasteiger partial charge in [0, 0.05) is 25.8 Å². The van der Waals surface area contributed by atoms with Crippen molar-refractivity contribution in [2.75, 3.05) is 30.0 Å². The van der Waals surface area contributed by atoms with E-state index < -0.39 is 0 Å². The Morgan fingerprint density at radius 3 is 3.06 bits per heavy atom. The average Bonchev–Trinajstić information content (AvgIpc) is 2.82. The third kappa shape index (κ3) is 3.06. The van der Waals surface area contributed by atoms with Gasteiger partial charge >= 0.3 is 0 Å². The number of β-amino-alcohol motifs (C(OH)–C–C–N with tert-alkyl or cyclic N) is 1. The van der Waals surface area contributed by atoms with Crippen LogP contribution in [0.25, 0.3) is 0 Å². The van der Waals surface area contributed by atoms with Crippen molar-refractivity contribution in [1.29, 1.82) is 0 Å². The lowest BCUT2D eigenvalue weighted by Gasteiger charge is -2.18. The minimum Gasteiger partial charge on any atom is -0.391 e. The number of hydrazine groups is 1. The highest BCUT2D eigenvalue weighted by Gasteiger charge is 2.22. The number of aliphatic hydroxyl groups excluding tert-OH is 1. The topological polar surface area (TPSA) is 96.5 Å². The number of nitrogens with zero attached hydrogens (tertiary/aromatic N) is 3. The van der Waals surface area contributed by atoms with Crippen molar-refractivity contribution < 1.29 is 9.84 Å². The van der Waals surface area contributed by atoms with Gasteiger partial charge < -0.3 is 20.2 Å². The maximum absolute atomic E-state index is 9.55. The van der Waals surface area contributed by atoms with Crippen molar-refractivity contribution in [1.82, 2.24) is 9.97 Å². The lowest BCUT2D eigenvalue weighted by atomic mass is 10.3. The molecule has 1 atom stereocenters. The van der Waals surface area contributed by atoms with Gasteiger partial charge in [0.2, 0.25) is 0 Å². The van der Waals surface area contributed by atoms with Gasteiger partial charge in [-0.1, -0.05) is 0 Å². The van der Waals surface area contributed by atoms with Crippen LogP contribution in [0.1, 0.15) is 19.2 Å². The van der Waals surface area contributed by atoms with Crippen LogP contribution in [0.5, 0.6) is 0 Å². The van der Waals surface area contributed by atoms with Crippen molar-refractivity contribution in [3.05, 3.63) is 11.9 Å². The summed E-state index contributed by atoms with van der Waals surface area (Å²) >= 11 is 0. The number of aliphatic hydroxyl groups is 1. The van der Waals surface area contributed by atoms with Gasteiger partial charge in [-0.25, -0.2) is 15.8 Å². The molecule has 1 aliphatic rings. The molecule has 1 unspecified atom stereocenters. The Balaban J connectivity index is 2.17. The standard InChI is InChI=1S/C11H19N5O2/c1-2-18-7-10-13-9(15-12)5-11(14-10)16-4-3-8(17)6-16/h5,8,17H,2-4,6-7,12H2,1H3,(H,13,14,15). The maximum atomic E-state index is 9.55. The molecule has 0 radical (unpaired) electrons. The zero-order valence-electron chi connectivity index (χ0n) is 10.5. The van der Waals surface area contributed by atoms with E-state index in [0.29, 0.717) is 31.4 Å². The molecule has 0 aromatic carbocycles. The van der Waals surface area contributed by atoms with E-state index in [0.717, 1.165) is 18.8 Å². The molecule has 0 aliphatic carbocycles. The van der Waals surface area contributed by atoms with Crippen LogP contribution in [0.15, 0.2) is 6.07 Å². The van der Waals surface area contributed by atoms with E-state index in [2.05, 4.69) is 15.4 Å². The Morgan fingerprint density at radius 2 is 2.44 bits per heavy atom. The molecule has 0 saturated carbocycles. The largest absolute Gasteiger partial charge is 0.391 e. The first-order valence-corrected chi connectivity index (χ1v) is 6.08. The Hall–Kier alpha value is -1.44. The van der Waals surface area contributed by atoms with Crippen LogP contribution in [-0.4, -0.2) is 40.9 Å². The van der Waals surface area contributed by atoms with E-state index in [9.17, 15) is 5.11 Å². The van der Waals surface area contributed by atoms with Gasteiger partial charge in [-0.3, -0.25) is 0 Å². The first-order valence-electron chi connectivity index (χ1n) is 6.08. The van der Waals surface area contributed by atoms with Crippen LogP contribution >= 0.6 is 0 Å². The summed E-state index contributed by atoms with van der Waals surface area (Å²) in [6.45, 7) is 4.27. The molecule has 18 heavy (non-hydrogen) atoms. The van der Waals surface area contributed by atoms with Gasteiger partial charge in [0.05, 0.1) is 6.10 Å². The van der Waals surface area contributed by atoms with Gasteiger partial charge in [-0.05, 0) is 13.3 Å². The molecule has 7 nitrogen and oxygen atoms in total. The van der Waals surface area contributed by atoms with Crippen LogP contribution in [0.4, 0.5) is 11.6 Å². The molecule has 1 aliphatic heterocycles.